The average Bonchev–Trinajstić information content (AvgIpc) is 3.41. The van der Waals surface area contributed by atoms with Crippen LogP contribution < -0.4 is 16.9 Å². The van der Waals surface area contributed by atoms with Gasteiger partial charge in [-0.3, -0.25) is 4.79 Å². The number of hydrogen-bond acceptors (Lipinski definition) is 6. The molecule has 0 spiro atoms. The van der Waals surface area contributed by atoms with Crippen LogP contribution >= 0.6 is 22.9 Å². The number of fused-ring (bicyclic) bond motifs is 2. The van der Waals surface area contributed by atoms with Crippen molar-refractivity contribution in [2.75, 3.05) is 0 Å². The zero-order valence-corrected chi connectivity index (χ0v) is 18.9. The molecule has 1 aromatic carbocycles. The van der Waals surface area contributed by atoms with Gasteiger partial charge in [-0.1, -0.05) is 23.7 Å². The number of amides is 1. The molecular formula is C23H23ClN6OS. The third kappa shape index (κ3) is 4.57. The van der Waals surface area contributed by atoms with E-state index >= 15 is 0 Å². The average molecular weight is 467 g/mol. The number of nitrogens with one attached hydrogen (secondary N) is 1. The largest absolute Gasteiger partial charge is 0.393 e. The minimum Gasteiger partial charge on any atom is -0.393 e. The summed E-state index contributed by atoms with van der Waals surface area (Å²) in [5.41, 5.74) is 9.01. The van der Waals surface area contributed by atoms with E-state index in [9.17, 15) is 4.79 Å². The third-order valence-electron chi connectivity index (χ3n) is 5.44. The van der Waals surface area contributed by atoms with Crippen LogP contribution in [0.15, 0.2) is 60.7 Å². The van der Waals surface area contributed by atoms with E-state index in [1.165, 1.54) is 29.6 Å². The van der Waals surface area contributed by atoms with Crippen LogP contribution in [-0.2, 0) is 17.9 Å². The highest BCUT2D eigenvalue weighted by atomic mass is 35.5. The second kappa shape index (κ2) is 8.46. The van der Waals surface area contributed by atoms with Gasteiger partial charge in [0, 0.05) is 33.2 Å². The molecule has 1 aliphatic rings. The van der Waals surface area contributed by atoms with Crippen molar-refractivity contribution < 1.29 is 4.79 Å². The van der Waals surface area contributed by atoms with Crippen molar-refractivity contribution in [3.8, 4) is 0 Å². The van der Waals surface area contributed by atoms with Gasteiger partial charge in [0.2, 0.25) is 0 Å². The Morgan fingerprint density at radius 3 is 2.94 bits per heavy atom. The number of nitrogens with zero attached hydrogens (tertiary/aromatic N) is 3. The second-order valence-corrected chi connectivity index (χ2v) is 9.67. The first-order valence-electron chi connectivity index (χ1n) is 10.4. The van der Waals surface area contributed by atoms with Gasteiger partial charge >= 0.3 is 0 Å². The molecule has 0 radical (unpaired) electrons. The van der Waals surface area contributed by atoms with Crippen LogP contribution in [-0.4, -0.2) is 20.3 Å². The molecule has 1 fully saturated rings. The second-order valence-electron chi connectivity index (χ2n) is 8.07. The van der Waals surface area contributed by atoms with Gasteiger partial charge in [-0.15, -0.1) is 11.3 Å². The predicted octanol–water partition coefficient (Wildman–Crippen LogP) is 3.87. The maximum absolute atomic E-state index is 12.4. The van der Waals surface area contributed by atoms with E-state index < -0.39 is 0 Å². The molecule has 1 saturated carbocycles. The molecular weight excluding hydrogens is 444 g/mol. The molecule has 0 saturated heterocycles. The van der Waals surface area contributed by atoms with E-state index in [0.717, 1.165) is 26.3 Å². The van der Waals surface area contributed by atoms with Gasteiger partial charge in [-0.25, -0.2) is 10.8 Å². The lowest BCUT2D eigenvalue weighted by Crippen LogP contribution is -2.32. The van der Waals surface area contributed by atoms with Crippen LogP contribution in [0.4, 0.5) is 0 Å². The first-order valence-corrected chi connectivity index (χ1v) is 11.6. The lowest BCUT2D eigenvalue weighted by Gasteiger charge is -2.13. The van der Waals surface area contributed by atoms with Crippen LogP contribution in [0.5, 0.6) is 0 Å². The number of benzene rings is 1. The summed E-state index contributed by atoms with van der Waals surface area (Å²) in [6.45, 7) is 0.718. The fourth-order valence-electron chi connectivity index (χ4n) is 3.68. The lowest BCUT2D eigenvalue weighted by molar-refractivity contribution is -0.117. The number of carbonyl (C=O) groups is 1. The number of imidazole rings is 1. The molecule has 1 amide bonds. The van der Waals surface area contributed by atoms with Crippen molar-refractivity contribution in [2.45, 2.75) is 31.8 Å². The molecule has 3 heterocycles. The smallest absolute Gasteiger partial charge is 0.269 e. The Hall–Kier alpha value is -3.07. The maximum atomic E-state index is 12.4. The molecule has 0 bridgehead atoms. The van der Waals surface area contributed by atoms with Gasteiger partial charge in [0.25, 0.3) is 5.91 Å². The van der Waals surface area contributed by atoms with E-state index in [4.69, 9.17) is 23.2 Å². The summed E-state index contributed by atoms with van der Waals surface area (Å²) in [4.78, 5) is 18.0. The number of nitrogens with two attached hydrogens (primary N) is 2. The topological polar surface area (TPSA) is 102 Å². The molecule has 0 aliphatic heterocycles. The molecule has 164 valence electrons. The molecule has 5 rings (SSSR count). The third-order valence-corrected chi connectivity index (χ3v) is 6.77. The maximum Gasteiger partial charge on any atom is 0.269 e. The van der Waals surface area contributed by atoms with E-state index in [2.05, 4.69) is 22.6 Å². The van der Waals surface area contributed by atoms with Crippen LogP contribution in [0.3, 0.4) is 0 Å². The number of halogens is 1. The standard InChI is InChI=1S/C23H23ClN6OS/c24-17-5-3-15-7-19(32-21(15)8-17)9-27-23(31)20(25)13-30(26)12-18-11-29-10-16(14-1-2-14)4-6-22(29)28-18/h3-8,10-11,13-14H,1-2,9,12,25-26H2,(H,27,31)/b20-13-. The molecule has 0 atom stereocenters. The first-order chi connectivity index (χ1) is 15.4. The summed E-state index contributed by atoms with van der Waals surface area (Å²) >= 11 is 7.62. The van der Waals surface area contributed by atoms with Crippen LogP contribution in [0, 0.1) is 0 Å². The van der Waals surface area contributed by atoms with Gasteiger partial charge in [0.05, 0.1) is 18.8 Å². The van der Waals surface area contributed by atoms with Gasteiger partial charge in [-0.2, -0.15) is 0 Å². The van der Waals surface area contributed by atoms with E-state index in [1.54, 1.807) is 11.3 Å². The molecule has 5 N–H and O–H groups in total. The molecule has 0 unspecified atom stereocenters. The van der Waals surface area contributed by atoms with Gasteiger partial charge in [0.15, 0.2) is 0 Å². The Morgan fingerprint density at radius 1 is 1.28 bits per heavy atom. The van der Waals surface area contributed by atoms with Crippen molar-refractivity contribution in [1.82, 2.24) is 19.7 Å². The van der Waals surface area contributed by atoms with Crippen LogP contribution in [0.2, 0.25) is 5.02 Å². The minimum atomic E-state index is -0.375. The lowest BCUT2D eigenvalue weighted by atomic mass is 10.2. The number of carbonyl (C=O) groups excluding carboxylic acids is 1. The van der Waals surface area contributed by atoms with Gasteiger partial charge < -0.3 is 20.5 Å². The number of thiophene rings is 1. The normalized spacial score (nSPS) is 14.2. The minimum absolute atomic E-state index is 0.0384. The van der Waals surface area contributed by atoms with Gasteiger partial charge in [-0.05, 0) is 54.0 Å². The zero-order valence-electron chi connectivity index (χ0n) is 17.3. The zero-order chi connectivity index (χ0) is 22.2. The quantitative estimate of drug-likeness (QED) is 0.218. The Balaban J connectivity index is 1.19. The number of aromatic nitrogens is 2. The SMILES string of the molecule is N/C(=C\N(N)Cc1cn2cc(C3CC3)ccc2n1)C(=O)NCc1cc2ccc(Cl)cc2s1. The highest BCUT2D eigenvalue weighted by molar-refractivity contribution is 7.19. The number of hydrogen-bond donors (Lipinski definition) is 3. The molecule has 7 nitrogen and oxygen atoms in total. The van der Waals surface area contributed by atoms with Crippen LogP contribution in [0.25, 0.3) is 15.7 Å². The molecule has 32 heavy (non-hydrogen) atoms. The molecule has 1 aliphatic carbocycles. The molecule has 9 heteroatoms. The highest BCUT2D eigenvalue weighted by Crippen LogP contribution is 2.39. The fraction of sp³-hybridized carbons (Fsp3) is 0.217. The van der Waals surface area contributed by atoms with E-state index in [1.807, 2.05) is 40.9 Å². The predicted molar refractivity (Wildman–Crippen MR) is 128 cm³/mol. The summed E-state index contributed by atoms with van der Waals surface area (Å²) < 4.78 is 3.10. The fourth-order valence-corrected chi connectivity index (χ4v) is 4.96. The summed E-state index contributed by atoms with van der Waals surface area (Å²) in [6.07, 6.45) is 8.03. The molecule has 3 aromatic heterocycles. The summed E-state index contributed by atoms with van der Waals surface area (Å²) in [6, 6.07) is 11.9. The number of rotatable bonds is 7. The molecule has 4 aromatic rings. The monoisotopic (exact) mass is 466 g/mol. The van der Waals surface area contributed by atoms with Crippen molar-refractivity contribution >= 4 is 44.6 Å². The van der Waals surface area contributed by atoms with Crippen LogP contribution in [0.1, 0.15) is 34.9 Å². The van der Waals surface area contributed by atoms with Crippen molar-refractivity contribution in [1.29, 1.82) is 0 Å². The summed E-state index contributed by atoms with van der Waals surface area (Å²) in [5, 5.41) is 5.99. The van der Waals surface area contributed by atoms with E-state index in [0.29, 0.717) is 24.0 Å². The Morgan fingerprint density at radius 2 is 2.12 bits per heavy atom. The van der Waals surface area contributed by atoms with Gasteiger partial charge in [0.1, 0.15) is 11.3 Å². The summed E-state index contributed by atoms with van der Waals surface area (Å²) in [5.74, 6) is 6.37. The van der Waals surface area contributed by atoms with E-state index in [-0.39, 0.29) is 11.6 Å². The van der Waals surface area contributed by atoms with Crippen molar-refractivity contribution in [2.24, 2.45) is 11.6 Å². The summed E-state index contributed by atoms with van der Waals surface area (Å²) in [7, 11) is 0. The Labute approximate surface area is 194 Å². The number of pyridine rings is 1. The highest BCUT2D eigenvalue weighted by Gasteiger charge is 2.23. The van der Waals surface area contributed by atoms with Crippen molar-refractivity contribution in [3.63, 3.8) is 0 Å². The van der Waals surface area contributed by atoms with Crippen molar-refractivity contribution in [3.05, 3.63) is 81.8 Å². The Bertz CT molecular complexity index is 1340. The number of hydrazine groups is 1. The first kappa shape index (κ1) is 20.8. The Kier molecular flexibility index (Phi) is 5.50.